The normalized spacial score (nSPS) is 22.0. The van der Waals surface area contributed by atoms with Gasteiger partial charge in [0.05, 0.1) is 0 Å². The van der Waals surface area contributed by atoms with Crippen molar-refractivity contribution in [1.29, 1.82) is 0 Å². The third kappa shape index (κ3) is 2.91. The van der Waals surface area contributed by atoms with Crippen LogP contribution in [0.25, 0.3) is 6.08 Å². The molecule has 1 aromatic carbocycles. The Bertz CT molecular complexity index is 831. The van der Waals surface area contributed by atoms with Gasteiger partial charge in [0.25, 0.3) is 0 Å². The van der Waals surface area contributed by atoms with Gasteiger partial charge in [-0.15, -0.1) is 0 Å². The Morgan fingerprint density at radius 1 is 1.00 bits per heavy atom. The first-order valence-corrected chi connectivity index (χ1v) is 14.6. The Labute approximate surface area is 169 Å². The molecule has 27 heavy (non-hydrogen) atoms. The molecule has 3 heteroatoms. The van der Waals surface area contributed by atoms with Crippen LogP contribution in [0.15, 0.2) is 52.1 Å². The zero-order valence-corrected chi connectivity index (χ0v) is 20.2. The van der Waals surface area contributed by atoms with Gasteiger partial charge in [0.15, 0.2) is 0 Å². The molecular weight excluding hydrogens is 417 g/mol. The quantitative estimate of drug-likeness (QED) is 0.423. The second-order valence-electron chi connectivity index (χ2n) is 8.76. The molecular formula is C24H32F2Zr. The maximum absolute atomic E-state index is 16.8. The summed E-state index contributed by atoms with van der Waals surface area (Å²) >= 11 is -5.73. The van der Waals surface area contributed by atoms with Crippen molar-refractivity contribution in [2.24, 2.45) is 5.92 Å². The predicted molar refractivity (Wildman–Crippen MR) is 109 cm³/mol. The fourth-order valence-corrected chi connectivity index (χ4v) is 14.5. The number of rotatable bonds is 5. The van der Waals surface area contributed by atoms with Crippen LogP contribution in [0.4, 0.5) is 5.25 Å². The van der Waals surface area contributed by atoms with Crippen LogP contribution in [-0.2, 0) is 21.5 Å². The Balaban J connectivity index is 2.22. The molecule has 0 spiro atoms. The van der Waals surface area contributed by atoms with Gasteiger partial charge in [0, 0.05) is 0 Å². The topological polar surface area (TPSA) is 0 Å². The van der Waals surface area contributed by atoms with E-state index in [4.69, 9.17) is 0 Å². The maximum atomic E-state index is 16.8. The van der Waals surface area contributed by atoms with E-state index in [0.717, 1.165) is 45.4 Å². The van der Waals surface area contributed by atoms with Gasteiger partial charge < -0.3 is 0 Å². The molecule has 0 fully saturated rings. The average molecular weight is 450 g/mol. The van der Waals surface area contributed by atoms with Crippen molar-refractivity contribution in [3.8, 4) is 0 Å². The molecule has 0 amide bonds. The Morgan fingerprint density at radius 2 is 1.56 bits per heavy atom. The van der Waals surface area contributed by atoms with E-state index in [1.54, 1.807) is 0 Å². The van der Waals surface area contributed by atoms with E-state index in [-0.39, 0.29) is 0 Å². The molecule has 0 radical (unpaired) electrons. The van der Waals surface area contributed by atoms with Crippen molar-refractivity contribution in [2.75, 3.05) is 0 Å². The first-order valence-electron chi connectivity index (χ1n) is 10.1. The van der Waals surface area contributed by atoms with Gasteiger partial charge in [0.1, 0.15) is 0 Å². The number of halogens is 2. The van der Waals surface area contributed by atoms with E-state index in [1.165, 1.54) is 0 Å². The van der Waals surface area contributed by atoms with Gasteiger partial charge >= 0.3 is 170 Å². The van der Waals surface area contributed by atoms with E-state index >= 15 is 5.25 Å². The van der Waals surface area contributed by atoms with Crippen molar-refractivity contribution < 1.29 is 26.7 Å². The number of hydrogen-bond donors (Lipinski definition) is 0. The molecule has 1 aromatic rings. The van der Waals surface area contributed by atoms with Crippen LogP contribution in [0.3, 0.4) is 0 Å². The monoisotopic (exact) mass is 448 g/mol. The first kappa shape index (κ1) is 20.9. The number of benzene rings is 1. The molecule has 0 aliphatic heterocycles. The number of fused-ring (bicyclic) bond motifs is 1. The van der Waals surface area contributed by atoms with E-state index in [2.05, 4.69) is 19.9 Å². The SMILES string of the molecule is CC[C]1([Zr]([F])([F])[CH]2C(CC(C)C)=Cc3ccccc32)C(C)=C(C)C(C)=C1C. The summed E-state index contributed by atoms with van der Waals surface area (Å²) in [5, 5.41) is 0. The second-order valence-corrected chi connectivity index (χ2v) is 15.3. The molecule has 0 saturated heterocycles. The van der Waals surface area contributed by atoms with Crippen molar-refractivity contribution in [3.05, 3.63) is 63.3 Å². The average Bonchev–Trinajstić information content (AvgIpc) is 3.05. The standard InChI is InChI=1S/C13H15.C11H17.2FH.Zr/c1-10(2)7-11-8-12-5-3-4-6-13(12)9-11;1-6-11-9(4)7(2)8(3)10(11)5;;;/h3-6,8-10H,7H2,1-2H3;6H2,1-5H3;2*1H;/q;;;;+2/p-2. The van der Waals surface area contributed by atoms with E-state index < -0.39 is 28.2 Å². The molecule has 1 atom stereocenters. The molecule has 2 aliphatic carbocycles. The zero-order chi connectivity index (χ0) is 20.1. The summed E-state index contributed by atoms with van der Waals surface area (Å²) in [6, 6.07) is 7.85. The minimum atomic E-state index is -5.73. The molecule has 0 aromatic heterocycles. The van der Waals surface area contributed by atoms with E-state index in [1.807, 2.05) is 58.9 Å². The van der Waals surface area contributed by atoms with Crippen LogP contribution in [0.5, 0.6) is 0 Å². The van der Waals surface area contributed by atoms with Crippen molar-refractivity contribution in [3.63, 3.8) is 0 Å². The summed E-state index contributed by atoms with van der Waals surface area (Å²) in [5.41, 5.74) is 6.92. The Morgan fingerprint density at radius 3 is 2.07 bits per heavy atom. The van der Waals surface area contributed by atoms with Crippen molar-refractivity contribution in [1.82, 2.24) is 0 Å². The molecule has 0 saturated carbocycles. The third-order valence-corrected chi connectivity index (χ3v) is 16.1. The van der Waals surface area contributed by atoms with Crippen LogP contribution < -0.4 is 0 Å². The van der Waals surface area contributed by atoms with Gasteiger partial charge in [-0.1, -0.05) is 0 Å². The molecule has 1 unspecified atom stereocenters. The molecule has 0 N–H and O–H groups in total. The van der Waals surface area contributed by atoms with E-state index in [9.17, 15) is 0 Å². The Hall–Kier alpha value is -0.817. The van der Waals surface area contributed by atoms with Crippen LogP contribution >= 0.6 is 0 Å². The summed E-state index contributed by atoms with van der Waals surface area (Å²) in [4.78, 5) is 0. The molecule has 0 bridgehead atoms. The van der Waals surface area contributed by atoms with Gasteiger partial charge in [-0.25, -0.2) is 0 Å². The van der Waals surface area contributed by atoms with Crippen molar-refractivity contribution in [2.45, 2.75) is 68.1 Å². The van der Waals surface area contributed by atoms with Gasteiger partial charge in [-0.2, -0.15) is 0 Å². The zero-order valence-electron chi connectivity index (χ0n) is 17.7. The predicted octanol–water partition coefficient (Wildman–Crippen LogP) is 8.35. The number of hydrogen-bond acceptors (Lipinski definition) is 0. The first-order chi connectivity index (χ1) is 12.6. The minimum absolute atomic E-state index is 0.382. The molecule has 2 aliphatic rings. The van der Waals surface area contributed by atoms with Crippen LogP contribution in [-0.4, -0.2) is 0 Å². The summed E-state index contributed by atoms with van der Waals surface area (Å²) in [7, 11) is 0. The second kappa shape index (κ2) is 7.21. The summed E-state index contributed by atoms with van der Waals surface area (Å²) < 4.78 is 32.0. The summed E-state index contributed by atoms with van der Waals surface area (Å²) in [5.74, 6) is 0.382. The van der Waals surface area contributed by atoms with Crippen LogP contribution in [0.1, 0.15) is 76.1 Å². The molecule has 3 rings (SSSR count). The fourth-order valence-electron chi connectivity index (χ4n) is 5.46. The summed E-state index contributed by atoms with van der Waals surface area (Å²) in [6.45, 7) is 14.2. The van der Waals surface area contributed by atoms with Gasteiger partial charge in [-0.05, 0) is 0 Å². The number of allylic oxidation sites excluding steroid dienone is 5. The Kier molecular flexibility index (Phi) is 5.59. The van der Waals surface area contributed by atoms with E-state index in [0.29, 0.717) is 12.3 Å². The van der Waals surface area contributed by atoms with Crippen LogP contribution in [0.2, 0.25) is 3.12 Å². The van der Waals surface area contributed by atoms with Crippen LogP contribution in [0, 0.1) is 5.92 Å². The van der Waals surface area contributed by atoms with Crippen molar-refractivity contribution >= 4 is 6.08 Å². The van der Waals surface area contributed by atoms with Gasteiger partial charge in [0.2, 0.25) is 0 Å². The molecule has 0 nitrogen and oxygen atoms in total. The molecule has 0 heterocycles. The third-order valence-electron chi connectivity index (χ3n) is 7.09. The fraction of sp³-hybridized carbons (Fsp3) is 0.500. The summed E-state index contributed by atoms with van der Waals surface area (Å²) in [6.07, 6.45) is 3.34. The molecule has 146 valence electrons. The van der Waals surface area contributed by atoms with Gasteiger partial charge in [-0.3, -0.25) is 0 Å².